The van der Waals surface area contributed by atoms with Crippen molar-refractivity contribution in [2.45, 2.75) is 25.7 Å². The number of hydrogen-bond acceptors (Lipinski definition) is 4. The lowest BCUT2D eigenvalue weighted by Gasteiger charge is -2.10. The van der Waals surface area contributed by atoms with Gasteiger partial charge in [0, 0.05) is 12.6 Å². The van der Waals surface area contributed by atoms with Gasteiger partial charge in [0.1, 0.15) is 10.6 Å². The quantitative estimate of drug-likeness (QED) is 0.879. The van der Waals surface area contributed by atoms with Gasteiger partial charge in [-0.25, -0.2) is 0 Å². The van der Waals surface area contributed by atoms with Crippen LogP contribution in [0.4, 0.5) is 5.69 Å². The van der Waals surface area contributed by atoms with Crippen LogP contribution < -0.4 is 9.50 Å². The van der Waals surface area contributed by atoms with Crippen LogP contribution in [-0.4, -0.2) is 14.3 Å². The van der Waals surface area contributed by atoms with Gasteiger partial charge in [0.15, 0.2) is 0 Å². The van der Waals surface area contributed by atoms with Crippen molar-refractivity contribution >= 4 is 21.7 Å². The van der Waals surface area contributed by atoms with E-state index in [0.29, 0.717) is 11.3 Å². The average Bonchev–Trinajstić information content (AvgIpc) is 2.41. The SMILES string of the molecule is CC(=O)Nc1ccc(OS(=O)(=O)c2ccc(C)cc2)cc1C. The molecule has 2 aromatic rings. The highest BCUT2D eigenvalue weighted by Crippen LogP contribution is 2.24. The van der Waals surface area contributed by atoms with Crippen LogP contribution in [0.15, 0.2) is 47.4 Å². The molecule has 0 saturated heterocycles. The second kappa shape index (κ2) is 6.19. The molecule has 0 aromatic heterocycles. The van der Waals surface area contributed by atoms with Crippen LogP contribution in [0.5, 0.6) is 5.75 Å². The Kier molecular flexibility index (Phi) is 4.51. The monoisotopic (exact) mass is 319 g/mol. The molecule has 5 nitrogen and oxygen atoms in total. The summed E-state index contributed by atoms with van der Waals surface area (Å²) >= 11 is 0. The van der Waals surface area contributed by atoms with Crippen molar-refractivity contribution in [1.82, 2.24) is 0 Å². The van der Waals surface area contributed by atoms with Crippen molar-refractivity contribution < 1.29 is 17.4 Å². The molecule has 0 unspecified atom stereocenters. The first-order valence-electron chi connectivity index (χ1n) is 6.67. The van der Waals surface area contributed by atoms with Gasteiger partial charge in [-0.15, -0.1) is 0 Å². The van der Waals surface area contributed by atoms with Crippen LogP contribution in [0.3, 0.4) is 0 Å². The molecule has 1 amide bonds. The summed E-state index contributed by atoms with van der Waals surface area (Å²) < 4.78 is 29.5. The molecular formula is C16H17NO4S. The molecule has 0 radical (unpaired) electrons. The van der Waals surface area contributed by atoms with Gasteiger partial charge >= 0.3 is 10.1 Å². The van der Waals surface area contributed by atoms with Crippen molar-refractivity contribution in [2.75, 3.05) is 5.32 Å². The first-order chi connectivity index (χ1) is 10.3. The van der Waals surface area contributed by atoms with Crippen molar-refractivity contribution in [3.63, 3.8) is 0 Å². The third-order valence-electron chi connectivity index (χ3n) is 3.02. The third-order valence-corrected chi connectivity index (χ3v) is 4.29. The molecule has 2 rings (SSSR count). The molecule has 0 bridgehead atoms. The lowest BCUT2D eigenvalue weighted by Crippen LogP contribution is -2.11. The summed E-state index contributed by atoms with van der Waals surface area (Å²) in [7, 11) is -3.87. The van der Waals surface area contributed by atoms with Crippen LogP contribution in [0.2, 0.25) is 0 Å². The highest BCUT2D eigenvalue weighted by molar-refractivity contribution is 7.87. The summed E-state index contributed by atoms with van der Waals surface area (Å²) in [6.07, 6.45) is 0. The van der Waals surface area contributed by atoms with Gasteiger partial charge in [-0.2, -0.15) is 8.42 Å². The van der Waals surface area contributed by atoms with E-state index in [0.717, 1.165) is 5.56 Å². The number of hydrogen-bond donors (Lipinski definition) is 1. The number of amides is 1. The predicted molar refractivity (Wildman–Crippen MR) is 84.5 cm³/mol. The van der Waals surface area contributed by atoms with E-state index >= 15 is 0 Å². The fourth-order valence-corrected chi connectivity index (χ4v) is 2.82. The van der Waals surface area contributed by atoms with Gasteiger partial charge in [-0.1, -0.05) is 17.7 Å². The number of benzene rings is 2. The second-order valence-electron chi connectivity index (χ2n) is 5.01. The number of anilines is 1. The van der Waals surface area contributed by atoms with E-state index < -0.39 is 10.1 Å². The molecule has 116 valence electrons. The van der Waals surface area contributed by atoms with Crippen molar-refractivity contribution in [1.29, 1.82) is 0 Å². The Labute approximate surface area is 130 Å². The normalized spacial score (nSPS) is 11.0. The minimum Gasteiger partial charge on any atom is -0.379 e. The highest BCUT2D eigenvalue weighted by Gasteiger charge is 2.16. The lowest BCUT2D eigenvalue weighted by atomic mass is 10.2. The topological polar surface area (TPSA) is 72.5 Å². The van der Waals surface area contributed by atoms with E-state index in [1.165, 1.54) is 25.1 Å². The highest BCUT2D eigenvalue weighted by atomic mass is 32.2. The Morgan fingerprint density at radius 1 is 1.05 bits per heavy atom. The number of carbonyl (C=O) groups excluding carboxylic acids is 1. The molecular weight excluding hydrogens is 302 g/mol. The number of aryl methyl sites for hydroxylation is 2. The summed E-state index contributed by atoms with van der Waals surface area (Å²) in [6, 6.07) is 11.1. The summed E-state index contributed by atoms with van der Waals surface area (Å²) in [5.41, 5.74) is 2.30. The van der Waals surface area contributed by atoms with E-state index in [1.54, 1.807) is 31.2 Å². The Morgan fingerprint density at radius 2 is 1.68 bits per heavy atom. The molecule has 0 saturated carbocycles. The maximum Gasteiger partial charge on any atom is 0.339 e. The number of rotatable bonds is 4. The molecule has 0 aliphatic heterocycles. The van der Waals surface area contributed by atoms with E-state index in [1.807, 2.05) is 6.92 Å². The van der Waals surface area contributed by atoms with Gasteiger partial charge in [0.2, 0.25) is 5.91 Å². The largest absolute Gasteiger partial charge is 0.379 e. The zero-order valence-corrected chi connectivity index (χ0v) is 13.4. The Hall–Kier alpha value is -2.34. The minimum absolute atomic E-state index is 0.0988. The summed E-state index contributed by atoms with van der Waals surface area (Å²) in [6.45, 7) is 5.05. The molecule has 6 heteroatoms. The van der Waals surface area contributed by atoms with Crippen LogP contribution >= 0.6 is 0 Å². The molecule has 2 aromatic carbocycles. The van der Waals surface area contributed by atoms with Gasteiger partial charge in [0.25, 0.3) is 0 Å². The van der Waals surface area contributed by atoms with Crippen LogP contribution in [0.25, 0.3) is 0 Å². The molecule has 0 spiro atoms. The van der Waals surface area contributed by atoms with E-state index in [2.05, 4.69) is 5.32 Å². The molecule has 22 heavy (non-hydrogen) atoms. The van der Waals surface area contributed by atoms with Crippen LogP contribution in [-0.2, 0) is 14.9 Å². The Morgan fingerprint density at radius 3 is 2.23 bits per heavy atom. The van der Waals surface area contributed by atoms with Crippen molar-refractivity contribution in [3.8, 4) is 5.75 Å². The molecule has 1 N–H and O–H groups in total. The fourth-order valence-electron chi connectivity index (χ4n) is 1.90. The van der Waals surface area contributed by atoms with Crippen molar-refractivity contribution in [2.24, 2.45) is 0 Å². The van der Waals surface area contributed by atoms with E-state index in [9.17, 15) is 13.2 Å². The predicted octanol–water partition coefficient (Wildman–Crippen LogP) is 3.03. The van der Waals surface area contributed by atoms with Crippen molar-refractivity contribution in [3.05, 3.63) is 53.6 Å². The molecule has 0 heterocycles. The Bertz CT molecular complexity index is 795. The fraction of sp³-hybridized carbons (Fsp3) is 0.188. The zero-order chi connectivity index (χ0) is 16.3. The lowest BCUT2D eigenvalue weighted by molar-refractivity contribution is -0.114. The molecule has 0 aliphatic rings. The van der Waals surface area contributed by atoms with Gasteiger partial charge in [0.05, 0.1) is 0 Å². The minimum atomic E-state index is -3.87. The Balaban J connectivity index is 2.24. The summed E-state index contributed by atoms with van der Waals surface area (Å²) in [5, 5.41) is 2.66. The van der Waals surface area contributed by atoms with Gasteiger partial charge in [-0.3, -0.25) is 4.79 Å². The number of nitrogens with one attached hydrogen (secondary N) is 1. The van der Waals surface area contributed by atoms with E-state index in [4.69, 9.17) is 4.18 Å². The second-order valence-corrected chi connectivity index (χ2v) is 6.55. The molecule has 0 atom stereocenters. The smallest absolute Gasteiger partial charge is 0.339 e. The van der Waals surface area contributed by atoms with Gasteiger partial charge < -0.3 is 9.50 Å². The maximum atomic E-state index is 12.2. The molecule has 0 fully saturated rings. The standard InChI is InChI=1S/C16H17NO4S/c1-11-4-7-15(8-5-11)22(19,20)21-14-6-9-16(12(2)10-14)17-13(3)18/h4-10H,1-3H3,(H,17,18). The first kappa shape index (κ1) is 16.0. The summed E-state index contributed by atoms with van der Waals surface area (Å²) in [4.78, 5) is 11.2. The number of carbonyl (C=O) groups is 1. The van der Waals surface area contributed by atoms with Crippen LogP contribution in [0, 0.1) is 13.8 Å². The molecule has 0 aliphatic carbocycles. The zero-order valence-electron chi connectivity index (χ0n) is 12.6. The van der Waals surface area contributed by atoms with Crippen LogP contribution in [0.1, 0.15) is 18.1 Å². The first-order valence-corrected chi connectivity index (χ1v) is 8.08. The average molecular weight is 319 g/mol. The third kappa shape index (κ3) is 3.85. The maximum absolute atomic E-state index is 12.2. The summed E-state index contributed by atoms with van der Waals surface area (Å²) in [5.74, 6) is 0.0104. The van der Waals surface area contributed by atoms with Gasteiger partial charge in [-0.05, 0) is 49.7 Å². The van der Waals surface area contributed by atoms with E-state index in [-0.39, 0.29) is 16.6 Å².